The molecule has 0 bridgehead atoms. The summed E-state index contributed by atoms with van der Waals surface area (Å²) in [5, 5.41) is 0. The molecule has 1 aromatic carbocycles. The summed E-state index contributed by atoms with van der Waals surface area (Å²) >= 11 is 0. The van der Waals surface area contributed by atoms with Gasteiger partial charge in [-0.3, -0.25) is 18.7 Å². The second-order valence-corrected chi connectivity index (χ2v) is 6.24. The van der Waals surface area contributed by atoms with Crippen molar-refractivity contribution in [3.05, 3.63) is 53.3 Å². The molecule has 3 heterocycles. The normalized spacial score (nSPS) is 14.8. The summed E-state index contributed by atoms with van der Waals surface area (Å²) in [4.78, 5) is 35.5. The molecule has 7 heteroatoms. The van der Waals surface area contributed by atoms with Gasteiger partial charge >= 0.3 is 0 Å². The number of para-hydroxylation sites is 1. The lowest BCUT2D eigenvalue weighted by molar-refractivity contribution is -0.132. The number of likely N-dealkylation sites (tertiary alicyclic amines) is 1. The van der Waals surface area contributed by atoms with Gasteiger partial charge in [0.25, 0.3) is 5.56 Å². The number of fused-ring (bicyclic) bond motifs is 1. The van der Waals surface area contributed by atoms with Gasteiger partial charge < -0.3 is 4.90 Å². The zero-order chi connectivity index (χ0) is 17.2. The number of amides is 1. The number of nitrogens with zero attached hydrogens (tertiary/aromatic N) is 5. The first-order valence-electron chi connectivity index (χ1n) is 8.50. The van der Waals surface area contributed by atoms with Crippen LogP contribution >= 0.6 is 0 Å². The Morgan fingerprint density at radius 3 is 2.52 bits per heavy atom. The molecule has 1 fully saturated rings. The van der Waals surface area contributed by atoms with Crippen LogP contribution in [0.1, 0.15) is 19.3 Å². The van der Waals surface area contributed by atoms with Crippen LogP contribution in [0.3, 0.4) is 0 Å². The van der Waals surface area contributed by atoms with Crippen LogP contribution in [0.5, 0.6) is 0 Å². The van der Waals surface area contributed by atoms with Gasteiger partial charge in [0.05, 0.1) is 0 Å². The number of piperidine rings is 1. The van der Waals surface area contributed by atoms with Crippen molar-refractivity contribution in [1.82, 2.24) is 24.0 Å². The fourth-order valence-corrected chi connectivity index (χ4v) is 3.21. The van der Waals surface area contributed by atoms with E-state index in [1.165, 1.54) is 10.9 Å². The van der Waals surface area contributed by atoms with Crippen LogP contribution in [0.4, 0.5) is 0 Å². The number of carbonyl (C=O) groups excluding carboxylic acids is 1. The molecular weight excluding hydrogens is 318 g/mol. The Kier molecular flexibility index (Phi) is 4.05. The highest BCUT2D eigenvalue weighted by molar-refractivity contribution is 5.77. The molecule has 7 nitrogen and oxygen atoms in total. The lowest BCUT2D eigenvalue weighted by atomic mass is 10.1. The SMILES string of the molecule is O=C(Cn1cnc2c(ncn2-c2ccccc2)c1=O)N1CCCCC1. The Balaban J connectivity index is 1.65. The predicted molar refractivity (Wildman–Crippen MR) is 93.6 cm³/mol. The molecule has 0 saturated carbocycles. The van der Waals surface area contributed by atoms with Gasteiger partial charge in [0.15, 0.2) is 11.2 Å². The van der Waals surface area contributed by atoms with Crippen LogP contribution in [-0.2, 0) is 11.3 Å². The standard InChI is InChI=1S/C18H19N5O2/c24-15(21-9-5-2-6-10-21)11-22-12-20-17-16(18(22)25)19-13-23(17)14-7-3-1-4-8-14/h1,3-4,7-8,12-13H,2,5-6,9-11H2. The van der Waals surface area contributed by atoms with Crippen LogP contribution in [-0.4, -0.2) is 43.0 Å². The summed E-state index contributed by atoms with van der Waals surface area (Å²) in [5.74, 6) is -0.0366. The molecule has 0 unspecified atom stereocenters. The molecule has 0 radical (unpaired) electrons. The van der Waals surface area contributed by atoms with E-state index in [4.69, 9.17) is 0 Å². The minimum absolute atomic E-state index is 0.0139. The summed E-state index contributed by atoms with van der Waals surface area (Å²) in [6.07, 6.45) is 6.24. The average Bonchev–Trinajstić information content (AvgIpc) is 3.10. The topological polar surface area (TPSA) is 73.0 Å². The highest BCUT2D eigenvalue weighted by atomic mass is 16.2. The van der Waals surface area contributed by atoms with Gasteiger partial charge in [-0.15, -0.1) is 0 Å². The molecule has 0 atom stereocenters. The maximum Gasteiger partial charge on any atom is 0.282 e. The first kappa shape index (κ1) is 15.6. The molecule has 4 rings (SSSR count). The van der Waals surface area contributed by atoms with Crippen LogP contribution in [0.25, 0.3) is 16.9 Å². The van der Waals surface area contributed by atoms with Gasteiger partial charge in [0.1, 0.15) is 19.2 Å². The van der Waals surface area contributed by atoms with Crippen LogP contribution in [0.15, 0.2) is 47.8 Å². The fraction of sp³-hybridized carbons (Fsp3) is 0.333. The molecule has 3 aromatic rings. The summed E-state index contributed by atoms with van der Waals surface area (Å²) in [5.41, 5.74) is 1.37. The number of carbonyl (C=O) groups is 1. The Morgan fingerprint density at radius 1 is 1.00 bits per heavy atom. The first-order chi connectivity index (χ1) is 12.2. The Labute approximate surface area is 144 Å². The van der Waals surface area contributed by atoms with E-state index >= 15 is 0 Å². The van der Waals surface area contributed by atoms with Crippen LogP contribution in [0.2, 0.25) is 0 Å². The zero-order valence-electron chi connectivity index (χ0n) is 13.8. The summed E-state index contributed by atoms with van der Waals surface area (Å²) in [6, 6.07) is 9.61. The van der Waals surface area contributed by atoms with Crippen molar-refractivity contribution in [3.8, 4) is 5.69 Å². The van der Waals surface area contributed by atoms with Crippen LogP contribution < -0.4 is 5.56 Å². The van der Waals surface area contributed by atoms with E-state index in [1.54, 1.807) is 10.9 Å². The van der Waals surface area contributed by atoms with E-state index in [-0.39, 0.29) is 23.5 Å². The molecule has 128 valence electrons. The monoisotopic (exact) mass is 337 g/mol. The number of hydrogen-bond donors (Lipinski definition) is 0. The van der Waals surface area contributed by atoms with Crippen molar-refractivity contribution in [2.24, 2.45) is 0 Å². The molecule has 0 N–H and O–H groups in total. The molecule has 1 aliphatic heterocycles. The Hall–Kier alpha value is -2.96. The number of hydrogen-bond acceptors (Lipinski definition) is 4. The van der Waals surface area contributed by atoms with Gasteiger partial charge in [0.2, 0.25) is 5.91 Å². The highest BCUT2D eigenvalue weighted by Crippen LogP contribution is 2.13. The van der Waals surface area contributed by atoms with Crippen molar-refractivity contribution < 1.29 is 4.79 Å². The Bertz CT molecular complexity index is 955. The number of aromatic nitrogens is 4. The number of benzene rings is 1. The molecule has 2 aromatic heterocycles. The lowest BCUT2D eigenvalue weighted by Gasteiger charge is -2.26. The van der Waals surface area contributed by atoms with E-state index in [1.807, 2.05) is 35.2 Å². The summed E-state index contributed by atoms with van der Waals surface area (Å²) in [6.45, 7) is 1.55. The fourth-order valence-electron chi connectivity index (χ4n) is 3.21. The van der Waals surface area contributed by atoms with Crippen LogP contribution in [0, 0.1) is 0 Å². The largest absolute Gasteiger partial charge is 0.341 e. The zero-order valence-corrected chi connectivity index (χ0v) is 13.8. The maximum atomic E-state index is 12.7. The Morgan fingerprint density at radius 2 is 1.76 bits per heavy atom. The van der Waals surface area contributed by atoms with Gasteiger partial charge in [-0.2, -0.15) is 0 Å². The maximum absolute atomic E-state index is 12.7. The smallest absolute Gasteiger partial charge is 0.282 e. The molecule has 25 heavy (non-hydrogen) atoms. The molecule has 0 aliphatic carbocycles. The van der Waals surface area contributed by atoms with E-state index in [2.05, 4.69) is 9.97 Å². The molecule has 0 spiro atoms. The minimum atomic E-state index is -0.287. The average molecular weight is 337 g/mol. The summed E-state index contributed by atoms with van der Waals surface area (Å²) in [7, 11) is 0. The molecule has 1 amide bonds. The van der Waals surface area contributed by atoms with Crippen molar-refractivity contribution in [2.45, 2.75) is 25.8 Å². The third-order valence-electron chi connectivity index (χ3n) is 4.57. The van der Waals surface area contributed by atoms with Crippen molar-refractivity contribution in [3.63, 3.8) is 0 Å². The van der Waals surface area contributed by atoms with Gasteiger partial charge in [-0.25, -0.2) is 9.97 Å². The van der Waals surface area contributed by atoms with Crippen molar-refractivity contribution in [1.29, 1.82) is 0 Å². The lowest BCUT2D eigenvalue weighted by Crippen LogP contribution is -2.39. The van der Waals surface area contributed by atoms with Crippen molar-refractivity contribution in [2.75, 3.05) is 13.1 Å². The van der Waals surface area contributed by atoms with E-state index in [0.29, 0.717) is 5.65 Å². The third-order valence-corrected chi connectivity index (χ3v) is 4.57. The number of imidazole rings is 1. The van der Waals surface area contributed by atoms with E-state index in [9.17, 15) is 9.59 Å². The number of rotatable bonds is 3. The third kappa shape index (κ3) is 2.93. The minimum Gasteiger partial charge on any atom is -0.341 e. The van der Waals surface area contributed by atoms with Crippen molar-refractivity contribution >= 4 is 17.1 Å². The molecule has 1 saturated heterocycles. The second kappa shape index (κ2) is 6.51. The summed E-state index contributed by atoms with van der Waals surface area (Å²) < 4.78 is 3.12. The molecular formula is C18H19N5O2. The van der Waals surface area contributed by atoms with Gasteiger partial charge in [-0.1, -0.05) is 18.2 Å². The highest BCUT2D eigenvalue weighted by Gasteiger charge is 2.18. The molecule has 1 aliphatic rings. The van der Waals surface area contributed by atoms with E-state index < -0.39 is 0 Å². The van der Waals surface area contributed by atoms with Gasteiger partial charge in [-0.05, 0) is 31.4 Å². The second-order valence-electron chi connectivity index (χ2n) is 6.24. The quantitative estimate of drug-likeness (QED) is 0.728. The predicted octanol–water partition coefficient (Wildman–Crippen LogP) is 1.59. The van der Waals surface area contributed by atoms with Gasteiger partial charge in [0, 0.05) is 18.8 Å². The first-order valence-corrected chi connectivity index (χ1v) is 8.50. The van der Waals surface area contributed by atoms with E-state index in [0.717, 1.165) is 38.0 Å².